The maximum absolute atomic E-state index is 13.2. The molecule has 1 aliphatic rings. The van der Waals surface area contributed by atoms with Crippen LogP contribution in [0.4, 0.5) is 11.5 Å². The summed E-state index contributed by atoms with van der Waals surface area (Å²) in [6, 6.07) is 15.8. The number of fused-ring (bicyclic) bond motifs is 1. The standard InChI is InChI=1S/C25H29N3O2/c1-16-9-8-13-21(17(16)2)28-25(29)20-15-26-24(19-11-5-4-10-18(19)20)27-22-12-6-7-14-23(22)30-3/h4-7,10-12,14-17,21H,8-9,13H2,1-3H3,(H,26,27)(H,28,29)/t16-,17+,21+/m0/s1. The SMILES string of the molecule is COc1ccccc1Nc1ncc(C(=O)N[C@@H]2CCC[C@H](C)[C@H]2C)c2ccccc12. The highest BCUT2D eigenvalue weighted by molar-refractivity contribution is 6.09. The number of pyridine rings is 1. The first kappa shape index (κ1) is 20.2. The van der Waals surface area contributed by atoms with Crippen molar-refractivity contribution in [2.45, 2.75) is 39.2 Å². The van der Waals surface area contributed by atoms with Crippen LogP contribution in [0.15, 0.2) is 54.7 Å². The van der Waals surface area contributed by atoms with Gasteiger partial charge in [-0.3, -0.25) is 4.79 Å². The smallest absolute Gasteiger partial charge is 0.253 e. The Morgan fingerprint density at radius 3 is 2.57 bits per heavy atom. The van der Waals surface area contributed by atoms with Crippen LogP contribution in [0.5, 0.6) is 5.75 Å². The van der Waals surface area contributed by atoms with E-state index < -0.39 is 0 Å². The van der Waals surface area contributed by atoms with E-state index in [2.05, 4.69) is 29.5 Å². The molecular formula is C25H29N3O2. The van der Waals surface area contributed by atoms with Crippen molar-refractivity contribution in [3.63, 3.8) is 0 Å². The van der Waals surface area contributed by atoms with E-state index in [1.165, 1.54) is 6.42 Å². The topological polar surface area (TPSA) is 63.2 Å². The number of benzene rings is 2. The van der Waals surface area contributed by atoms with Crippen molar-refractivity contribution in [2.75, 3.05) is 12.4 Å². The van der Waals surface area contributed by atoms with Crippen molar-refractivity contribution in [1.82, 2.24) is 10.3 Å². The summed E-state index contributed by atoms with van der Waals surface area (Å²) in [5, 5.41) is 8.43. The lowest BCUT2D eigenvalue weighted by molar-refractivity contribution is 0.0892. The van der Waals surface area contributed by atoms with Crippen LogP contribution >= 0.6 is 0 Å². The quantitative estimate of drug-likeness (QED) is 0.587. The maximum Gasteiger partial charge on any atom is 0.253 e. The lowest BCUT2D eigenvalue weighted by atomic mass is 9.78. The second kappa shape index (κ2) is 8.74. The molecule has 5 heteroatoms. The molecule has 1 heterocycles. The molecule has 3 atom stereocenters. The van der Waals surface area contributed by atoms with E-state index in [4.69, 9.17) is 4.74 Å². The highest BCUT2D eigenvalue weighted by Gasteiger charge is 2.29. The number of ether oxygens (including phenoxy) is 1. The Balaban J connectivity index is 1.64. The summed E-state index contributed by atoms with van der Waals surface area (Å²) in [7, 11) is 1.65. The number of methoxy groups -OCH3 is 1. The summed E-state index contributed by atoms with van der Waals surface area (Å²) in [5.41, 5.74) is 1.45. The van der Waals surface area contributed by atoms with Crippen LogP contribution in [0.3, 0.4) is 0 Å². The predicted molar refractivity (Wildman–Crippen MR) is 121 cm³/mol. The first-order valence-corrected chi connectivity index (χ1v) is 10.7. The number of carbonyl (C=O) groups excluding carboxylic acids is 1. The number of anilines is 2. The average Bonchev–Trinajstić information content (AvgIpc) is 2.77. The summed E-state index contributed by atoms with van der Waals surface area (Å²) in [6.45, 7) is 4.52. The third kappa shape index (κ3) is 3.97. The van der Waals surface area contributed by atoms with Crippen molar-refractivity contribution < 1.29 is 9.53 Å². The number of rotatable bonds is 5. The van der Waals surface area contributed by atoms with E-state index in [1.807, 2.05) is 48.5 Å². The van der Waals surface area contributed by atoms with Crippen molar-refractivity contribution >= 4 is 28.2 Å². The minimum absolute atomic E-state index is 0.0477. The number of carbonyl (C=O) groups is 1. The second-order valence-corrected chi connectivity index (χ2v) is 8.24. The van der Waals surface area contributed by atoms with Crippen LogP contribution in [0.1, 0.15) is 43.5 Å². The van der Waals surface area contributed by atoms with E-state index in [-0.39, 0.29) is 11.9 Å². The molecule has 5 nitrogen and oxygen atoms in total. The molecule has 1 aromatic heterocycles. The molecule has 4 rings (SSSR count). The van der Waals surface area contributed by atoms with Gasteiger partial charge in [-0.15, -0.1) is 0 Å². The molecule has 0 unspecified atom stereocenters. The zero-order valence-electron chi connectivity index (χ0n) is 17.8. The van der Waals surface area contributed by atoms with Gasteiger partial charge in [0.05, 0.1) is 18.4 Å². The number of hydrogen-bond donors (Lipinski definition) is 2. The Hall–Kier alpha value is -3.08. The number of amides is 1. The van der Waals surface area contributed by atoms with Gasteiger partial charge in [0.1, 0.15) is 11.6 Å². The van der Waals surface area contributed by atoms with Crippen LogP contribution in [0.25, 0.3) is 10.8 Å². The first-order chi connectivity index (χ1) is 14.6. The highest BCUT2D eigenvalue weighted by atomic mass is 16.5. The van der Waals surface area contributed by atoms with Crippen LogP contribution < -0.4 is 15.4 Å². The fourth-order valence-corrected chi connectivity index (χ4v) is 4.38. The third-order valence-corrected chi connectivity index (χ3v) is 6.42. The molecule has 156 valence electrons. The predicted octanol–water partition coefficient (Wildman–Crippen LogP) is 5.54. The van der Waals surface area contributed by atoms with Crippen LogP contribution in [0.2, 0.25) is 0 Å². The van der Waals surface area contributed by atoms with Crippen molar-refractivity contribution in [3.05, 3.63) is 60.3 Å². The minimum Gasteiger partial charge on any atom is -0.495 e. The number of nitrogens with zero attached hydrogens (tertiary/aromatic N) is 1. The van der Waals surface area contributed by atoms with Gasteiger partial charge in [-0.1, -0.05) is 63.1 Å². The molecule has 0 radical (unpaired) electrons. The van der Waals surface area contributed by atoms with Gasteiger partial charge < -0.3 is 15.4 Å². The molecule has 1 aliphatic carbocycles. The fraction of sp³-hybridized carbons (Fsp3) is 0.360. The average molecular weight is 404 g/mol. The van der Waals surface area contributed by atoms with Gasteiger partial charge in [0.25, 0.3) is 5.91 Å². The molecule has 0 bridgehead atoms. The van der Waals surface area contributed by atoms with E-state index in [0.717, 1.165) is 35.1 Å². The lowest BCUT2D eigenvalue weighted by Gasteiger charge is -2.34. The van der Waals surface area contributed by atoms with Crippen LogP contribution in [0, 0.1) is 11.8 Å². The van der Waals surface area contributed by atoms with E-state index in [9.17, 15) is 4.79 Å². The summed E-state index contributed by atoms with van der Waals surface area (Å²) in [4.78, 5) is 17.8. The molecule has 1 saturated carbocycles. The molecule has 0 spiro atoms. The Bertz CT molecular complexity index is 1050. The Morgan fingerprint density at radius 1 is 1.03 bits per heavy atom. The van der Waals surface area contributed by atoms with Crippen molar-refractivity contribution in [1.29, 1.82) is 0 Å². The second-order valence-electron chi connectivity index (χ2n) is 8.24. The summed E-state index contributed by atoms with van der Waals surface area (Å²) in [5.74, 6) is 2.50. The minimum atomic E-state index is -0.0477. The number of nitrogens with one attached hydrogen (secondary N) is 2. The number of aromatic nitrogens is 1. The zero-order valence-corrected chi connectivity index (χ0v) is 17.8. The molecule has 0 saturated heterocycles. The molecule has 1 amide bonds. The lowest BCUT2D eigenvalue weighted by Crippen LogP contribution is -2.43. The van der Waals surface area contributed by atoms with Gasteiger partial charge in [0, 0.05) is 17.6 Å². The Kier molecular flexibility index (Phi) is 5.88. The van der Waals surface area contributed by atoms with E-state index in [1.54, 1.807) is 13.3 Å². The molecule has 30 heavy (non-hydrogen) atoms. The third-order valence-electron chi connectivity index (χ3n) is 6.42. The molecule has 2 N–H and O–H groups in total. The Labute approximate surface area is 177 Å². The fourth-order valence-electron chi connectivity index (χ4n) is 4.38. The van der Waals surface area contributed by atoms with Crippen molar-refractivity contribution in [3.8, 4) is 5.75 Å². The molecule has 2 aromatic carbocycles. The number of hydrogen-bond acceptors (Lipinski definition) is 4. The van der Waals surface area contributed by atoms with E-state index >= 15 is 0 Å². The van der Waals surface area contributed by atoms with Gasteiger partial charge in [0.2, 0.25) is 0 Å². The first-order valence-electron chi connectivity index (χ1n) is 10.7. The maximum atomic E-state index is 13.2. The Morgan fingerprint density at radius 2 is 1.77 bits per heavy atom. The molecular weight excluding hydrogens is 374 g/mol. The largest absolute Gasteiger partial charge is 0.495 e. The monoisotopic (exact) mass is 403 g/mol. The van der Waals surface area contributed by atoms with E-state index in [0.29, 0.717) is 23.2 Å². The van der Waals surface area contributed by atoms with Gasteiger partial charge in [0.15, 0.2) is 0 Å². The van der Waals surface area contributed by atoms with Gasteiger partial charge in [-0.25, -0.2) is 4.98 Å². The van der Waals surface area contributed by atoms with Crippen molar-refractivity contribution in [2.24, 2.45) is 11.8 Å². The van der Waals surface area contributed by atoms with Crippen LogP contribution in [-0.4, -0.2) is 24.0 Å². The zero-order chi connectivity index (χ0) is 21.1. The summed E-state index contributed by atoms with van der Waals surface area (Å²) in [6.07, 6.45) is 5.11. The van der Waals surface area contributed by atoms with Crippen LogP contribution in [-0.2, 0) is 0 Å². The normalized spacial score (nSPS) is 21.2. The molecule has 3 aromatic rings. The number of para-hydroxylation sites is 2. The summed E-state index contributed by atoms with van der Waals surface area (Å²) >= 11 is 0. The highest BCUT2D eigenvalue weighted by Crippen LogP contribution is 2.32. The molecule has 0 aliphatic heterocycles. The van der Waals surface area contributed by atoms with Gasteiger partial charge in [-0.2, -0.15) is 0 Å². The summed E-state index contributed by atoms with van der Waals surface area (Å²) < 4.78 is 5.44. The van der Waals surface area contributed by atoms with Gasteiger partial charge >= 0.3 is 0 Å². The molecule has 1 fully saturated rings. The van der Waals surface area contributed by atoms with Gasteiger partial charge in [-0.05, 0) is 35.8 Å².